The first kappa shape index (κ1) is 12.0. The van der Waals surface area contributed by atoms with Crippen LogP contribution >= 0.6 is 0 Å². The molecule has 0 aliphatic heterocycles. The Hall–Kier alpha value is -2.10. The summed E-state index contributed by atoms with van der Waals surface area (Å²) in [6.45, 7) is 3.40. The fraction of sp³-hybridized carbons (Fsp3) is 0.167. The molecule has 16 heavy (non-hydrogen) atoms. The van der Waals surface area contributed by atoms with Gasteiger partial charge < -0.3 is 10.1 Å². The molecule has 0 bridgehead atoms. The second-order valence-corrected chi connectivity index (χ2v) is 3.18. The maximum atomic E-state index is 11.5. The lowest BCUT2D eigenvalue weighted by Crippen LogP contribution is -2.28. The number of hydrogen-bond donors (Lipinski definition) is 1. The van der Waals surface area contributed by atoms with Crippen molar-refractivity contribution < 1.29 is 14.3 Å². The first-order valence-electron chi connectivity index (χ1n) is 4.74. The Labute approximate surface area is 93.9 Å². The Bertz CT molecular complexity index is 398. The molecule has 0 heterocycles. The number of methoxy groups -OCH3 is 1. The first-order valence-corrected chi connectivity index (χ1v) is 4.74. The fourth-order valence-electron chi connectivity index (χ4n) is 1.17. The maximum absolute atomic E-state index is 11.5. The van der Waals surface area contributed by atoms with E-state index in [4.69, 9.17) is 0 Å². The van der Waals surface area contributed by atoms with E-state index in [-0.39, 0.29) is 18.0 Å². The van der Waals surface area contributed by atoms with E-state index in [0.29, 0.717) is 0 Å². The number of carbonyl (C=O) groups excluding carboxylic acids is 2. The van der Waals surface area contributed by atoms with Gasteiger partial charge in [-0.2, -0.15) is 0 Å². The molecule has 0 spiro atoms. The van der Waals surface area contributed by atoms with Gasteiger partial charge in [0.05, 0.1) is 13.5 Å². The molecule has 1 aromatic carbocycles. The minimum Gasteiger partial charge on any atom is -0.464 e. The molecule has 0 unspecified atom stereocenters. The zero-order chi connectivity index (χ0) is 12.0. The van der Waals surface area contributed by atoms with E-state index in [0.717, 1.165) is 5.56 Å². The summed E-state index contributed by atoms with van der Waals surface area (Å²) in [5.74, 6) is -0.928. The van der Waals surface area contributed by atoms with Crippen LogP contribution in [0.5, 0.6) is 0 Å². The zero-order valence-electron chi connectivity index (χ0n) is 9.03. The Balaban J connectivity index is 2.49. The zero-order valence-corrected chi connectivity index (χ0v) is 9.03. The van der Waals surface area contributed by atoms with Crippen molar-refractivity contribution in [3.05, 3.63) is 48.2 Å². The molecule has 0 aliphatic rings. The van der Waals surface area contributed by atoms with Crippen LogP contribution in [-0.2, 0) is 20.7 Å². The molecular formula is C12H13NO3. The quantitative estimate of drug-likeness (QED) is 0.608. The highest BCUT2D eigenvalue weighted by Crippen LogP contribution is 2.00. The van der Waals surface area contributed by atoms with Gasteiger partial charge >= 0.3 is 5.97 Å². The van der Waals surface area contributed by atoms with Crippen LogP contribution in [0, 0.1) is 0 Å². The van der Waals surface area contributed by atoms with Crippen LogP contribution in [0.4, 0.5) is 0 Å². The highest BCUT2D eigenvalue weighted by molar-refractivity contribution is 5.93. The molecule has 0 atom stereocenters. The molecule has 84 valence electrons. The summed E-state index contributed by atoms with van der Waals surface area (Å²) in [6.07, 6.45) is 0.205. The molecule has 0 saturated heterocycles. The molecule has 0 aliphatic carbocycles. The molecule has 1 aromatic rings. The molecular weight excluding hydrogens is 206 g/mol. The van der Waals surface area contributed by atoms with Gasteiger partial charge in [0.15, 0.2) is 0 Å². The second kappa shape index (κ2) is 5.70. The number of esters is 1. The smallest absolute Gasteiger partial charge is 0.353 e. The SMILES string of the molecule is C=C(NC(=O)Cc1ccccc1)C(=O)OC. The molecule has 0 fully saturated rings. The van der Waals surface area contributed by atoms with Gasteiger partial charge in [-0.25, -0.2) is 4.79 Å². The Kier molecular flexibility index (Phi) is 4.27. The largest absolute Gasteiger partial charge is 0.464 e. The normalized spacial score (nSPS) is 9.31. The van der Waals surface area contributed by atoms with E-state index in [1.807, 2.05) is 30.3 Å². The molecule has 4 nitrogen and oxygen atoms in total. The predicted molar refractivity (Wildman–Crippen MR) is 59.4 cm³/mol. The highest BCUT2D eigenvalue weighted by atomic mass is 16.5. The van der Waals surface area contributed by atoms with Crippen molar-refractivity contribution in [2.45, 2.75) is 6.42 Å². The van der Waals surface area contributed by atoms with Crippen molar-refractivity contribution in [1.82, 2.24) is 5.32 Å². The molecule has 4 heteroatoms. The summed E-state index contributed by atoms with van der Waals surface area (Å²) in [7, 11) is 1.23. The van der Waals surface area contributed by atoms with Gasteiger partial charge in [-0.15, -0.1) is 0 Å². The lowest BCUT2D eigenvalue weighted by Gasteiger charge is -2.06. The van der Waals surface area contributed by atoms with Crippen molar-refractivity contribution >= 4 is 11.9 Å². The van der Waals surface area contributed by atoms with E-state index >= 15 is 0 Å². The Morgan fingerprint density at radius 1 is 1.31 bits per heavy atom. The summed E-state index contributed by atoms with van der Waals surface area (Å²) in [4.78, 5) is 22.4. The van der Waals surface area contributed by atoms with Gasteiger partial charge in [-0.05, 0) is 5.56 Å². The summed E-state index contributed by atoms with van der Waals surface area (Å²) in [6, 6.07) is 9.23. The third-order valence-corrected chi connectivity index (χ3v) is 1.93. The van der Waals surface area contributed by atoms with Crippen LogP contribution in [0.15, 0.2) is 42.6 Å². The standard InChI is InChI=1S/C12H13NO3/c1-9(12(15)16-2)13-11(14)8-10-6-4-3-5-7-10/h3-7H,1,8H2,2H3,(H,13,14). The molecule has 1 amide bonds. The second-order valence-electron chi connectivity index (χ2n) is 3.18. The van der Waals surface area contributed by atoms with Crippen LogP contribution in [0.3, 0.4) is 0 Å². The van der Waals surface area contributed by atoms with Gasteiger partial charge in [0.25, 0.3) is 0 Å². The maximum Gasteiger partial charge on any atom is 0.353 e. The van der Waals surface area contributed by atoms with Gasteiger partial charge in [0.2, 0.25) is 5.91 Å². The number of nitrogens with one attached hydrogen (secondary N) is 1. The molecule has 1 rings (SSSR count). The monoisotopic (exact) mass is 219 g/mol. The molecule has 1 N–H and O–H groups in total. The highest BCUT2D eigenvalue weighted by Gasteiger charge is 2.10. The summed E-state index contributed by atoms with van der Waals surface area (Å²) in [5, 5.41) is 2.37. The Morgan fingerprint density at radius 2 is 1.94 bits per heavy atom. The van der Waals surface area contributed by atoms with E-state index in [1.54, 1.807) is 0 Å². The number of hydrogen-bond acceptors (Lipinski definition) is 3. The third kappa shape index (κ3) is 3.57. The van der Waals surface area contributed by atoms with Gasteiger partial charge in [0, 0.05) is 0 Å². The van der Waals surface area contributed by atoms with Crippen LogP contribution in [0.1, 0.15) is 5.56 Å². The topological polar surface area (TPSA) is 55.4 Å². The minimum atomic E-state index is -0.638. The summed E-state index contributed by atoms with van der Waals surface area (Å²) in [5.41, 5.74) is 0.820. The van der Waals surface area contributed by atoms with Crippen LogP contribution in [-0.4, -0.2) is 19.0 Å². The number of benzene rings is 1. The first-order chi connectivity index (χ1) is 7.63. The van der Waals surface area contributed by atoms with Crippen molar-refractivity contribution in [3.8, 4) is 0 Å². The van der Waals surface area contributed by atoms with Crippen LogP contribution in [0.25, 0.3) is 0 Å². The van der Waals surface area contributed by atoms with Crippen molar-refractivity contribution in [2.24, 2.45) is 0 Å². The van der Waals surface area contributed by atoms with E-state index in [1.165, 1.54) is 7.11 Å². The van der Waals surface area contributed by atoms with E-state index in [2.05, 4.69) is 16.6 Å². The molecule has 0 radical (unpaired) electrons. The van der Waals surface area contributed by atoms with Crippen molar-refractivity contribution in [2.75, 3.05) is 7.11 Å². The average Bonchev–Trinajstić information content (AvgIpc) is 2.29. The predicted octanol–water partition coefficient (Wildman–Crippen LogP) is 1.03. The lowest BCUT2D eigenvalue weighted by atomic mass is 10.1. The van der Waals surface area contributed by atoms with Gasteiger partial charge in [0.1, 0.15) is 5.70 Å². The average molecular weight is 219 g/mol. The minimum absolute atomic E-state index is 0.0524. The number of amides is 1. The molecule has 0 aromatic heterocycles. The van der Waals surface area contributed by atoms with Gasteiger partial charge in [-0.3, -0.25) is 4.79 Å². The van der Waals surface area contributed by atoms with Crippen molar-refractivity contribution in [3.63, 3.8) is 0 Å². The third-order valence-electron chi connectivity index (χ3n) is 1.93. The summed E-state index contributed by atoms with van der Waals surface area (Å²) >= 11 is 0. The number of rotatable bonds is 4. The van der Waals surface area contributed by atoms with Gasteiger partial charge in [-0.1, -0.05) is 36.9 Å². The van der Waals surface area contributed by atoms with Crippen molar-refractivity contribution in [1.29, 1.82) is 0 Å². The fourth-order valence-corrected chi connectivity index (χ4v) is 1.17. The number of carbonyl (C=O) groups is 2. The lowest BCUT2D eigenvalue weighted by molar-refractivity contribution is -0.137. The van der Waals surface area contributed by atoms with E-state index < -0.39 is 5.97 Å². The molecule has 0 saturated carbocycles. The van der Waals surface area contributed by atoms with Crippen LogP contribution in [0.2, 0.25) is 0 Å². The van der Waals surface area contributed by atoms with E-state index in [9.17, 15) is 9.59 Å². The summed E-state index contributed by atoms with van der Waals surface area (Å²) < 4.78 is 4.41. The van der Waals surface area contributed by atoms with Crippen LogP contribution < -0.4 is 5.32 Å². The Morgan fingerprint density at radius 3 is 2.50 bits per heavy atom. The number of ether oxygens (including phenoxy) is 1.